The van der Waals surface area contributed by atoms with Crippen LogP contribution in [-0.4, -0.2) is 86.9 Å². The van der Waals surface area contributed by atoms with Gasteiger partial charge in [0, 0.05) is 0 Å². The maximum Gasteiger partial charge on any atom is 0.397 e. The number of carbonyl (C=O) groups is 1. The van der Waals surface area contributed by atoms with E-state index >= 15 is 0 Å². The van der Waals surface area contributed by atoms with Crippen molar-refractivity contribution in [2.24, 2.45) is 22.4 Å². The number of nitrogens with one attached hydrogen (secondary N) is 1. The molecule has 3 aliphatic rings. The lowest BCUT2D eigenvalue weighted by Gasteiger charge is -2.47. The molecule has 0 aromatic rings. The summed E-state index contributed by atoms with van der Waals surface area (Å²) in [6, 6.07) is -2.87. The van der Waals surface area contributed by atoms with Crippen molar-refractivity contribution in [3.05, 3.63) is 5.21 Å². The number of carbonyl (C=O) groups excluding carboxylic acids is 1. The van der Waals surface area contributed by atoms with Gasteiger partial charge >= 0.3 is 22.3 Å². The van der Waals surface area contributed by atoms with Crippen molar-refractivity contribution in [1.29, 1.82) is 0 Å². The first-order chi connectivity index (χ1) is 12.3. The molecular formula is C10H17N7O9S. The second-order valence-corrected chi connectivity index (χ2v) is 7.19. The fourth-order valence-corrected chi connectivity index (χ4v) is 4.16. The van der Waals surface area contributed by atoms with Gasteiger partial charge < -0.3 is 31.3 Å². The second-order valence-electron chi connectivity index (χ2n) is 6.15. The van der Waals surface area contributed by atoms with Gasteiger partial charge in [-0.05, 0) is 0 Å². The van der Waals surface area contributed by atoms with Gasteiger partial charge in [0.25, 0.3) is 5.79 Å². The topological polar surface area (TPSA) is 262 Å². The predicted molar refractivity (Wildman–Crippen MR) is 83.1 cm³/mol. The molecule has 27 heavy (non-hydrogen) atoms. The molecule has 0 aromatic heterocycles. The van der Waals surface area contributed by atoms with Gasteiger partial charge in [-0.3, -0.25) is 19.8 Å². The monoisotopic (exact) mass is 411 g/mol. The van der Waals surface area contributed by atoms with Crippen LogP contribution in [-0.2, 0) is 24.2 Å². The van der Waals surface area contributed by atoms with Gasteiger partial charge in [0.1, 0.15) is 18.6 Å². The van der Waals surface area contributed by atoms with Crippen LogP contribution in [0.3, 0.4) is 0 Å². The number of aliphatic imine (C=N–C) groups is 1. The molecule has 3 rings (SSSR count). The zero-order valence-corrected chi connectivity index (χ0v) is 14.2. The number of nitrogens with two attached hydrogens (primary N) is 3. The summed E-state index contributed by atoms with van der Waals surface area (Å²) in [6.07, 6.45) is -2.64. The molecule has 0 aromatic carbocycles. The Kier molecular flexibility index (Phi) is 4.13. The van der Waals surface area contributed by atoms with Crippen LogP contribution in [0.4, 0.5) is 0 Å². The Morgan fingerprint density at radius 3 is 2.67 bits per heavy atom. The summed E-state index contributed by atoms with van der Waals surface area (Å²) in [4.78, 5) is 20.4. The normalized spacial score (nSPS) is 34.6. The molecular weight excluding hydrogens is 394 g/mol. The van der Waals surface area contributed by atoms with Gasteiger partial charge in [-0.25, -0.2) is 14.1 Å². The zero-order chi connectivity index (χ0) is 20.4. The van der Waals surface area contributed by atoms with Crippen LogP contribution < -0.4 is 22.7 Å². The molecule has 10 N–H and O–H groups in total. The van der Waals surface area contributed by atoms with E-state index in [1.54, 1.807) is 0 Å². The highest BCUT2D eigenvalue weighted by Crippen LogP contribution is 2.46. The van der Waals surface area contributed by atoms with Crippen LogP contribution >= 0.6 is 0 Å². The van der Waals surface area contributed by atoms with E-state index in [1.165, 1.54) is 0 Å². The van der Waals surface area contributed by atoms with E-state index < -0.39 is 64.9 Å². The average molecular weight is 411 g/mol. The number of nitrogens with zero attached hydrogens (tertiary/aromatic N) is 3. The molecule has 17 heteroatoms. The van der Waals surface area contributed by atoms with E-state index in [4.69, 9.17) is 21.9 Å². The second kappa shape index (κ2) is 5.78. The minimum Gasteiger partial charge on any atom is -0.744 e. The number of guanidine groups is 2. The van der Waals surface area contributed by atoms with Crippen molar-refractivity contribution in [2.45, 2.75) is 36.1 Å². The van der Waals surface area contributed by atoms with Crippen LogP contribution in [0.2, 0.25) is 0 Å². The van der Waals surface area contributed by atoms with Gasteiger partial charge in [-0.15, -0.1) is 0 Å². The number of rotatable bonds is 4. The van der Waals surface area contributed by atoms with Crippen LogP contribution in [0, 0.1) is 5.21 Å². The lowest BCUT2D eigenvalue weighted by atomic mass is 9.84. The van der Waals surface area contributed by atoms with Crippen LogP contribution in [0.1, 0.15) is 6.42 Å². The lowest BCUT2D eigenvalue weighted by molar-refractivity contribution is -0.526. The molecule has 3 heterocycles. The largest absolute Gasteiger partial charge is 0.744 e. The molecule has 0 radical (unpaired) electrons. The standard InChI is InChI=1S/C10H17N7O9S/c11-7-14-6-3(1-5(18)25-13)17(21)8(12)16-2-4(26-27(22,23)24)10(19,20)9(6,16)15-7/h3-4,6,19-20H,1-2,12-13H2,(H3,11,14,15)(H,22,23,24)/t3-,4-,6?,9?/m0/s1. The van der Waals surface area contributed by atoms with E-state index in [0.29, 0.717) is 0 Å². The molecule has 1 saturated heterocycles. The molecule has 0 saturated carbocycles. The van der Waals surface area contributed by atoms with E-state index in [1.807, 2.05) is 0 Å². The molecule has 3 aliphatic heterocycles. The number of hydroxylamine groups is 1. The maximum absolute atomic E-state index is 12.5. The van der Waals surface area contributed by atoms with Crippen molar-refractivity contribution in [3.63, 3.8) is 0 Å². The first-order valence-corrected chi connectivity index (χ1v) is 8.69. The zero-order valence-electron chi connectivity index (χ0n) is 13.4. The molecule has 16 nitrogen and oxygen atoms in total. The van der Waals surface area contributed by atoms with Gasteiger partial charge in [0.15, 0.2) is 12.1 Å². The summed E-state index contributed by atoms with van der Waals surface area (Å²) < 4.78 is 35.5. The molecule has 152 valence electrons. The third-order valence-electron chi connectivity index (χ3n) is 4.72. The predicted octanol–water partition coefficient (Wildman–Crippen LogP) is -5.83. The van der Waals surface area contributed by atoms with Crippen LogP contribution in [0.15, 0.2) is 4.99 Å². The Bertz CT molecular complexity index is 842. The summed E-state index contributed by atoms with van der Waals surface area (Å²) in [5, 5.41) is 36.4. The Morgan fingerprint density at radius 1 is 1.48 bits per heavy atom. The smallest absolute Gasteiger partial charge is 0.397 e. The highest BCUT2D eigenvalue weighted by Gasteiger charge is 2.78. The number of hydrogen-bond donors (Lipinski definition) is 7. The van der Waals surface area contributed by atoms with Gasteiger partial charge in [-0.2, -0.15) is 14.3 Å². The summed E-state index contributed by atoms with van der Waals surface area (Å²) in [7, 11) is -5.11. The summed E-state index contributed by atoms with van der Waals surface area (Å²) in [5.74, 6) is -0.304. The van der Waals surface area contributed by atoms with Gasteiger partial charge in [-0.1, -0.05) is 0 Å². The molecule has 1 fully saturated rings. The minimum absolute atomic E-state index is 0.162. The Hall–Kier alpha value is -2.44. The molecule has 0 aliphatic carbocycles. The van der Waals surface area contributed by atoms with Gasteiger partial charge in [0.05, 0.1) is 6.42 Å². The number of aliphatic hydroxyl groups is 2. The SMILES string of the molecule is NOC(=O)C[C@H]1C2N=C(N)NC23N(C[C@H](OS(=O)(=O)O)C3(O)O)C(N)=[N+]1[O-]. The molecule has 4 atom stereocenters. The number of hydrogen-bond acceptors (Lipinski definition) is 14. The van der Waals surface area contributed by atoms with Crippen molar-refractivity contribution in [3.8, 4) is 0 Å². The summed E-state index contributed by atoms with van der Waals surface area (Å²) in [5.41, 5.74) is 9.22. The van der Waals surface area contributed by atoms with Crippen molar-refractivity contribution >= 4 is 28.3 Å². The first-order valence-electron chi connectivity index (χ1n) is 7.33. The lowest BCUT2D eigenvalue weighted by Crippen LogP contribution is -2.79. The Balaban J connectivity index is 2.13. The maximum atomic E-state index is 12.5. The third kappa shape index (κ3) is 2.63. The van der Waals surface area contributed by atoms with E-state index in [-0.39, 0.29) is 10.7 Å². The third-order valence-corrected chi connectivity index (χ3v) is 5.20. The summed E-state index contributed by atoms with van der Waals surface area (Å²) >= 11 is 0. The molecule has 1 spiro atoms. The molecule has 0 amide bonds. The van der Waals surface area contributed by atoms with Crippen molar-refractivity contribution in [2.75, 3.05) is 6.54 Å². The van der Waals surface area contributed by atoms with Crippen LogP contribution in [0.5, 0.6) is 0 Å². The average Bonchev–Trinajstić information content (AvgIpc) is 3.00. The minimum atomic E-state index is -5.11. The molecule has 2 unspecified atom stereocenters. The van der Waals surface area contributed by atoms with Crippen molar-refractivity contribution < 1.29 is 41.7 Å². The van der Waals surface area contributed by atoms with E-state index in [2.05, 4.69) is 19.3 Å². The Labute approximate surface area is 151 Å². The first kappa shape index (κ1) is 19.3. The molecule has 0 bridgehead atoms. The van der Waals surface area contributed by atoms with E-state index in [0.717, 1.165) is 4.90 Å². The van der Waals surface area contributed by atoms with Crippen LogP contribution in [0.25, 0.3) is 0 Å². The summed E-state index contributed by atoms with van der Waals surface area (Å²) in [6.45, 7) is -0.655. The highest BCUT2D eigenvalue weighted by molar-refractivity contribution is 7.80. The highest BCUT2D eigenvalue weighted by atomic mass is 32.3. The fourth-order valence-electron chi connectivity index (χ4n) is 3.68. The van der Waals surface area contributed by atoms with E-state index in [9.17, 15) is 28.6 Å². The Morgan fingerprint density at radius 2 is 2.11 bits per heavy atom. The quantitative estimate of drug-likeness (QED) is 0.0747. The fraction of sp³-hybridized carbons (Fsp3) is 0.700. The van der Waals surface area contributed by atoms with Crippen molar-refractivity contribution in [1.82, 2.24) is 10.2 Å². The van der Waals surface area contributed by atoms with Gasteiger partial charge in [0.2, 0.25) is 5.66 Å².